The second-order valence-corrected chi connectivity index (χ2v) is 7.97. The first-order chi connectivity index (χ1) is 15.1. The Labute approximate surface area is 183 Å². The number of carbonyl (C=O) groups excluding carboxylic acids is 1. The predicted molar refractivity (Wildman–Crippen MR) is 122 cm³/mol. The summed E-state index contributed by atoms with van der Waals surface area (Å²) in [5.41, 5.74) is 9.25. The van der Waals surface area contributed by atoms with Crippen molar-refractivity contribution in [2.75, 3.05) is 39.4 Å². The summed E-state index contributed by atoms with van der Waals surface area (Å²) in [6.45, 7) is 10.7. The van der Waals surface area contributed by atoms with Crippen LogP contribution in [-0.2, 0) is 9.53 Å². The van der Waals surface area contributed by atoms with E-state index >= 15 is 0 Å². The van der Waals surface area contributed by atoms with Gasteiger partial charge in [-0.3, -0.25) is 9.79 Å². The monoisotopic (exact) mass is 422 g/mol. The molecule has 2 saturated heterocycles. The van der Waals surface area contributed by atoms with Crippen LogP contribution in [0.1, 0.15) is 13.3 Å². The zero-order valence-corrected chi connectivity index (χ0v) is 18.0. The largest absolute Gasteiger partial charge is 0.378 e. The van der Waals surface area contributed by atoms with Crippen molar-refractivity contribution < 1.29 is 9.53 Å². The number of hydrogen-bond acceptors (Lipinski definition) is 7. The van der Waals surface area contributed by atoms with E-state index in [9.17, 15) is 4.79 Å². The Morgan fingerprint density at radius 1 is 1.32 bits per heavy atom. The number of carbonyl (C=O) groups is 1. The van der Waals surface area contributed by atoms with Crippen LogP contribution >= 0.6 is 0 Å². The predicted octanol–water partition coefficient (Wildman–Crippen LogP) is 1.32. The topological polar surface area (TPSA) is 95.5 Å². The molecule has 0 saturated carbocycles. The Kier molecular flexibility index (Phi) is 6.36. The average Bonchev–Trinajstić information content (AvgIpc) is 3.30. The van der Waals surface area contributed by atoms with Crippen molar-refractivity contribution in [1.29, 1.82) is 0 Å². The number of nitrogens with zero attached hydrogens (tertiary/aromatic N) is 4. The summed E-state index contributed by atoms with van der Waals surface area (Å²) in [5, 5.41) is 3.35. The van der Waals surface area contributed by atoms with Crippen molar-refractivity contribution >= 4 is 17.5 Å². The molecule has 2 fully saturated rings. The number of primary amides is 1. The Bertz CT molecular complexity index is 920. The smallest absolute Gasteiger partial charge is 0.222 e. The lowest BCUT2D eigenvalue weighted by atomic mass is 10.0. The van der Waals surface area contributed by atoms with E-state index < -0.39 is 0 Å². The minimum Gasteiger partial charge on any atom is -0.378 e. The zero-order valence-electron chi connectivity index (χ0n) is 18.0. The Balaban J connectivity index is 1.57. The van der Waals surface area contributed by atoms with E-state index in [0.717, 1.165) is 67.8 Å². The van der Waals surface area contributed by atoms with Crippen molar-refractivity contribution in [2.24, 2.45) is 21.6 Å². The highest BCUT2D eigenvalue weighted by Gasteiger charge is 2.35. The van der Waals surface area contributed by atoms with Gasteiger partial charge in [-0.2, -0.15) is 0 Å². The van der Waals surface area contributed by atoms with Crippen LogP contribution < -0.4 is 11.1 Å². The average molecular weight is 423 g/mol. The van der Waals surface area contributed by atoms with E-state index in [1.807, 2.05) is 37.4 Å². The molecule has 0 aliphatic carbocycles. The Morgan fingerprint density at radius 3 is 2.84 bits per heavy atom. The van der Waals surface area contributed by atoms with E-state index in [1.165, 1.54) is 0 Å². The number of rotatable bonds is 5. The molecule has 8 heteroatoms. The number of nitrogens with two attached hydrogens (primary N) is 1. The van der Waals surface area contributed by atoms with Gasteiger partial charge in [-0.25, -0.2) is 4.99 Å². The van der Waals surface area contributed by atoms with Gasteiger partial charge >= 0.3 is 0 Å². The first-order valence-corrected chi connectivity index (χ1v) is 10.8. The lowest BCUT2D eigenvalue weighted by molar-refractivity contribution is -0.121. The molecular weight excluding hydrogens is 392 g/mol. The van der Waals surface area contributed by atoms with Gasteiger partial charge in [0.2, 0.25) is 5.91 Å². The van der Waals surface area contributed by atoms with Crippen LogP contribution in [0.5, 0.6) is 0 Å². The van der Waals surface area contributed by atoms with Crippen molar-refractivity contribution in [3.05, 3.63) is 60.3 Å². The number of morpholine rings is 1. The number of ether oxygens (including phenoxy) is 1. The first kappa shape index (κ1) is 21.1. The number of hydrogen-bond donors (Lipinski definition) is 2. The quantitative estimate of drug-likeness (QED) is 0.652. The minimum atomic E-state index is -0.251. The van der Waals surface area contributed by atoms with Gasteiger partial charge < -0.3 is 25.6 Å². The lowest BCUT2D eigenvalue weighted by Crippen LogP contribution is -2.51. The van der Waals surface area contributed by atoms with Gasteiger partial charge in [0.25, 0.3) is 0 Å². The van der Waals surface area contributed by atoms with Gasteiger partial charge in [-0.15, -0.1) is 0 Å². The second-order valence-electron chi connectivity index (χ2n) is 7.97. The number of likely N-dealkylation sites (tertiary alicyclic amines) is 1. The van der Waals surface area contributed by atoms with Crippen LogP contribution in [0.3, 0.4) is 0 Å². The highest BCUT2D eigenvalue weighted by Crippen LogP contribution is 2.26. The van der Waals surface area contributed by atoms with Crippen LogP contribution in [0.25, 0.3) is 0 Å². The summed E-state index contributed by atoms with van der Waals surface area (Å²) in [5.74, 6) is 0.484. The lowest BCUT2D eigenvalue weighted by Gasteiger charge is -2.32. The second kappa shape index (κ2) is 9.34. The number of amides is 1. The molecule has 4 rings (SSSR count). The molecule has 2 atom stereocenters. The van der Waals surface area contributed by atoms with Crippen LogP contribution in [-0.4, -0.2) is 72.7 Å². The van der Waals surface area contributed by atoms with E-state index in [0.29, 0.717) is 6.54 Å². The summed E-state index contributed by atoms with van der Waals surface area (Å²) in [6.07, 6.45) is 12.5. The third kappa shape index (κ3) is 4.64. The molecule has 4 aliphatic rings. The number of allylic oxidation sites excluding steroid dienone is 3. The zero-order chi connectivity index (χ0) is 21.8. The maximum Gasteiger partial charge on any atom is 0.222 e. The van der Waals surface area contributed by atoms with E-state index in [-0.39, 0.29) is 17.9 Å². The van der Waals surface area contributed by atoms with Crippen molar-refractivity contribution in [3.8, 4) is 0 Å². The SMILES string of the molecule is C=C(/C=C\C(=C/C)C1=CC2=NC=CNC2C(N2CCC(C(N)=O)C2)=N1)N1CCOCC1. The number of aliphatic imine (C=N–C) groups is 2. The summed E-state index contributed by atoms with van der Waals surface area (Å²) in [7, 11) is 0. The first-order valence-electron chi connectivity index (χ1n) is 10.8. The highest BCUT2D eigenvalue weighted by molar-refractivity contribution is 6.18. The van der Waals surface area contributed by atoms with Gasteiger partial charge in [-0.05, 0) is 31.1 Å². The maximum atomic E-state index is 11.7. The van der Waals surface area contributed by atoms with Crippen LogP contribution in [0.4, 0.5) is 0 Å². The minimum absolute atomic E-state index is 0.120. The molecule has 0 aromatic rings. The van der Waals surface area contributed by atoms with E-state index in [4.69, 9.17) is 15.5 Å². The molecule has 31 heavy (non-hydrogen) atoms. The maximum absolute atomic E-state index is 11.7. The summed E-state index contributed by atoms with van der Waals surface area (Å²) >= 11 is 0. The molecule has 0 aromatic heterocycles. The molecule has 8 nitrogen and oxygen atoms in total. The number of amidine groups is 1. The normalized spacial score (nSPS) is 26.2. The summed E-state index contributed by atoms with van der Waals surface area (Å²) in [6, 6.07) is -0.120. The Hall–Kier alpha value is -3.13. The van der Waals surface area contributed by atoms with Gasteiger partial charge in [0, 0.05) is 44.3 Å². The van der Waals surface area contributed by atoms with Gasteiger partial charge in [-0.1, -0.05) is 18.7 Å². The number of fused-ring (bicyclic) bond motifs is 1. The number of nitrogens with one attached hydrogen (secondary N) is 1. The van der Waals surface area contributed by atoms with Gasteiger partial charge in [0.05, 0.1) is 30.5 Å². The van der Waals surface area contributed by atoms with Crippen LogP contribution in [0.15, 0.2) is 70.2 Å². The fraction of sp³-hybridized carbons (Fsp3) is 0.435. The fourth-order valence-electron chi connectivity index (χ4n) is 4.18. The molecule has 0 radical (unpaired) electrons. The molecule has 4 heterocycles. The Morgan fingerprint density at radius 2 is 2.13 bits per heavy atom. The highest BCUT2D eigenvalue weighted by atomic mass is 16.5. The molecule has 3 N–H and O–H groups in total. The third-order valence-corrected chi connectivity index (χ3v) is 6.03. The molecule has 1 amide bonds. The molecular formula is C23H30N6O2. The molecule has 2 unspecified atom stereocenters. The molecule has 164 valence electrons. The van der Waals surface area contributed by atoms with Gasteiger partial charge in [0.1, 0.15) is 11.9 Å². The van der Waals surface area contributed by atoms with Crippen molar-refractivity contribution in [3.63, 3.8) is 0 Å². The molecule has 0 aromatic carbocycles. The molecule has 4 aliphatic heterocycles. The summed E-state index contributed by atoms with van der Waals surface area (Å²) in [4.78, 5) is 25.6. The third-order valence-electron chi connectivity index (χ3n) is 6.03. The molecule has 0 spiro atoms. The van der Waals surface area contributed by atoms with Gasteiger partial charge in [0.15, 0.2) is 0 Å². The standard InChI is InChI=1S/C23H30N6O2/c1-3-17(5-4-16(2)28-10-12-31-13-11-28)19-14-20-21(26-8-7-25-20)23(27-19)29-9-6-18(15-29)22(24)30/h3-5,7-8,14,18,21,26H,2,6,9-13,15H2,1H3,(H2,24,30)/b5-4-,17-3+. The van der Waals surface area contributed by atoms with Crippen molar-refractivity contribution in [2.45, 2.75) is 19.4 Å². The van der Waals surface area contributed by atoms with Crippen molar-refractivity contribution in [1.82, 2.24) is 15.1 Å². The fourth-order valence-corrected chi connectivity index (χ4v) is 4.18. The van der Waals surface area contributed by atoms with E-state index in [1.54, 1.807) is 6.20 Å². The van der Waals surface area contributed by atoms with E-state index in [2.05, 4.69) is 26.7 Å². The van der Waals surface area contributed by atoms with Crippen LogP contribution in [0.2, 0.25) is 0 Å². The molecule has 0 bridgehead atoms. The summed E-state index contributed by atoms with van der Waals surface area (Å²) < 4.78 is 5.42. The van der Waals surface area contributed by atoms with Crippen LogP contribution in [0, 0.1) is 5.92 Å².